The minimum atomic E-state index is -3.97. The highest BCUT2D eigenvalue weighted by molar-refractivity contribution is 7.89. The van der Waals surface area contributed by atoms with Crippen molar-refractivity contribution in [1.29, 1.82) is 0 Å². The molecule has 8 heteroatoms. The molecule has 146 valence electrons. The molecule has 6 nitrogen and oxygen atoms in total. The lowest BCUT2D eigenvalue weighted by Gasteiger charge is -2.21. The predicted molar refractivity (Wildman–Crippen MR) is 101 cm³/mol. The third-order valence-electron chi connectivity index (χ3n) is 4.15. The number of carbonyl (C=O) groups excluding carboxylic acids is 1. The van der Waals surface area contributed by atoms with Gasteiger partial charge >= 0.3 is 0 Å². The summed E-state index contributed by atoms with van der Waals surface area (Å²) in [5.74, 6) is -0.401. The molecule has 0 saturated heterocycles. The number of hydrogen-bond donors (Lipinski definition) is 1. The van der Waals surface area contributed by atoms with Crippen molar-refractivity contribution in [3.05, 3.63) is 89.6 Å². The maximum absolute atomic E-state index is 13.6. The van der Waals surface area contributed by atoms with Gasteiger partial charge in [0.1, 0.15) is 11.6 Å². The molecule has 2 aromatic carbocycles. The highest BCUT2D eigenvalue weighted by Gasteiger charge is 2.26. The summed E-state index contributed by atoms with van der Waals surface area (Å²) in [5, 5.41) is 2.53. The van der Waals surface area contributed by atoms with Crippen molar-refractivity contribution in [1.82, 2.24) is 9.62 Å². The fourth-order valence-electron chi connectivity index (χ4n) is 2.69. The van der Waals surface area contributed by atoms with Crippen molar-refractivity contribution in [2.24, 2.45) is 0 Å². The minimum absolute atomic E-state index is 0.0109. The normalized spacial score (nSPS) is 11.5. The van der Waals surface area contributed by atoms with E-state index in [0.29, 0.717) is 16.9 Å². The Labute approximate surface area is 162 Å². The Morgan fingerprint density at radius 2 is 1.82 bits per heavy atom. The number of hydrogen-bond acceptors (Lipinski definition) is 4. The molecule has 0 aliphatic heterocycles. The number of sulfonamides is 1. The second-order valence-corrected chi connectivity index (χ2v) is 8.02. The Bertz CT molecular complexity index is 1050. The van der Waals surface area contributed by atoms with Crippen LogP contribution in [-0.4, -0.2) is 25.7 Å². The molecule has 0 fully saturated rings. The maximum Gasteiger partial charge on any atom is 0.251 e. The van der Waals surface area contributed by atoms with Gasteiger partial charge in [0.25, 0.3) is 5.91 Å². The standard InChI is InChI=1S/C20H19FN2O4S/c1-22-20(24)16-9-7-15(8-10-16)13-23(14-18-5-3-11-27-18)28(25,26)19-6-2-4-17(21)12-19/h2-12H,13-14H2,1H3,(H,22,24). The number of benzene rings is 2. The van der Waals surface area contributed by atoms with Crippen LogP contribution in [-0.2, 0) is 23.1 Å². The third kappa shape index (κ3) is 4.47. The van der Waals surface area contributed by atoms with Gasteiger partial charge in [-0.3, -0.25) is 4.79 Å². The number of rotatable bonds is 7. The molecule has 1 aromatic heterocycles. The number of furan rings is 1. The molecule has 1 amide bonds. The molecule has 1 heterocycles. The fraction of sp³-hybridized carbons (Fsp3) is 0.150. The van der Waals surface area contributed by atoms with Crippen molar-refractivity contribution in [2.45, 2.75) is 18.0 Å². The number of halogens is 1. The zero-order valence-electron chi connectivity index (χ0n) is 15.1. The summed E-state index contributed by atoms with van der Waals surface area (Å²) in [7, 11) is -2.44. The van der Waals surface area contributed by atoms with E-state index in [0.717, 1.165) is 6.07 Å². The lowest BCUT2D eigenvalue weighted by molar-refractivity contribution is 0.0963. The summed E-state index contributed by atoms with van der Waals surface area (Å²) in [6, 6.07) is 14.8. The SMILES string of the molecule is CNC(=O)c1ccc(CN(Cc2ccco2)S(=O)(=O)c2cccc(F)c2)cc1. The minimum Gasteiger partial charge on any atom is -0.468 e. The first-order valence-corrected chi connectivity index (χ1v) is 9.93. The van der Waals surface area contributed by atoms with Gasteiger partial charge in [-0.2, -0.15) is 4.31 Å². The van der Waals surface area contributed by atoms with Crippen molar-refractivity contribution in [3.63, 3.8) is 0 Å². The smallest absolute Gasteiger partial charge is 0.251 e. The summed E-state index contributed by atoms with van der Waals surface area (Å²) in [6.07, 6.45) is 1.46. The Kier molecular flexibility index (Phi) is 5.91. The molecule has 0 radical (unpaired) electrons. The summed E-state index contributed by atoms with van der Waals surface area (Å²) < 4.78 is 46.3. The zero-order valence-corrected chi connectivity index (χ0v) is 15.9. The molecule has 0 spiro atoms. The second-order valence-electron chi connectivity index (χ2n) is 6.09. The summed E-state index contributed by atoms with van der Waals surface area (Å²) >= 11 is 0. The monoisotopic (exact) mass is 402 g/mol. The van der Waals surface area contributed by atoms with Gasteiger partial charge in [0.15, 0.2) is 0 Å². The van der Waals surface area contributed by atoms with E-state index in [-0.39, 0.29) is 23.9 Å². The highest BCUT2D eigenvalue weighted by Crippen LogP contribution is 2.22. The molecule has 0 unspecified atom stereocenters. The van der Waals surface area contributed by atoms with E-state index in [9.17, 15) is 17.6 Å². The number of amides is 1. The topological polar surface area (TPSA) is 79.6 Å². The first kappa shape index (κ1) is 19.8. The molecule has 28 heavy (non-hydrogen) atoms. The van der Waals surface area contributed by atoms with Gasteiger partial charge < -0.3 is 9.73 Å². The van der Waals surface area contributed by atoms with Gasteiger partial charge in [0.05, 0.1) is 17.7 Å². The van der Waals surface area contributed by atoms with Crippen LogP contribution < -0.4 is 5.32 Å². The fourth-order valence-corrected chi connectivity index (χ4v) is 4.11. The molecule has 0 atom stereocenters. The zero-order chi connectivity index (χ0) is 20.1. The van der Waals surface area contributed by atoms with Crippen LogP contribution in [0.3, 0.4) is 0 Å². The molecular formula is C20H19FN2O4S. The summed E-state index contributed by atoms with van der Waals surface area (Å²) in [6.45, 7) is 0.0244. The molecule has 3 aromatic rings. The first-order chi connectivity index (χ1) is 13.4. The second kappa shape index (κ2) is 8.37. The van der Waals surface area contributed by atoms with Crippen LogP contribution in [0.1, 0.15) is 21.7 Å². The quantitative estimate of drug-likeness (QED) is 0.658. The van der Waals surface area contributed by atoms with E-state index < -0.39 is 15.8 Å². The largest absolute Gasteiger partial charge is 0.468 e. The molecule has 0 bridgehead atoms. The maximum atomic E-state index is 13.6. The molecule has 0 aliphatic carbocycles. The van der Waals surface area contributed by atoms with Crippen LogP contribution >= 0.6 is 0 Å². The van der Waals surface area contributed by atoms with Gasteiger partial charge in [-0.05, 0) is 48.0 Å². The van der Waals surface area contributed by atoms with Gasteiger partial charge in [0, 0.05) is 19.2 Å². The van der Waals surface area contributed by atoms with Gasteiger partial charge in [-0.25, -0.2) is 12.8 Å². The number of nitrogens with one attached hydrogen (secondary N) is 1. The van der Waals surface area contributed by atoms with E-state index in [1.54, 1.807) is 36.4 Å². The van der Waals surface area contributed by atoms with E-state index in [1.165, 1.54) is 35.8 Å². The lowest BCUT2D eigenvalue weighted by atomic mass is 10.1. The van der Waals surface area contributed by atoms with E-state index in [4.69, 9.17) is 4.42 Å². The van der Waals surface area contributed by atoms with Crippen molar-refractivity contribution < 1.29 is 22.0 Å². The van der Waals surface area contributed by atoms with Gasteiger partial charge in [-0.15, -0.1) is 0 Å². The number of carbonyl (C=O) groups is 1. The molecular weight excluding hydrogens is 383 g/mol. The van der Waals surface area contributed by atoms with Gasteiger partial charge in [-0.1, -0.05) is 18.2 Å². The third-order valence-corrected chi connectivity index (χ3v) is 5.94. The van der Waals surface area contributed by atoms with Crippen LogP contribution in [0, 0.1) is 5.82 Å². The molecule has 0 saturated carbocycles. The molecule has 1 N–H and O–H groups in total. The Balaban J connectivity index is 1.92. The van der Waals surface area contributed by atoms with Crippen LogP contribution in [0.15, 0.2) is 76.2 Å². The summed E-state index contributed by atoms with van der Waals surface area (Å²) in [4.78, 5) is 11.5. The highest BCUT2D eigenvalue weighted by atomic mass is 32.2. The first-order valence-electron chi connectivity index (χ1n) is 8.49. The Morgan fingerprint density at radius 1 is 1.07 bits per heavy atom. The van der Waals surface area contributed by atoms with Crippen LogP contribution in [0.4, 0.5) is 4.39 Å². The van der Waals surface area contributed by atoms with Crippen molar-refractivity contribution in [3.8, 4) is 0 Å². The van der Waals surface area contributed by atoms with Gasteiger partial charge in [0.2, 0.25) is 10.0 Å². The number of nitrogens with zero attached hydrogens (tertiary/aromatic N) is 1. The predicted octanol–water partition coefficient (Wildman–Crippen LogP) is 3.17. The molecule has 0 aliphatic rings. The van der Waals surface area contributed by atoms with Crippen LogP contribution in [0.25, 0.3) is 0 Å². The average Bonchev–Trinajstić information content (AvgIpc) is 3.20. The average molecular weight is 402 g/mol. The summed E-state index contributed by atoms with van der Waals surface area (Å²) in [5.41, 5.74) is 1.15. The van der Waals surface area contributed by atoms with Crippen molar-refractivity contribution in [2.75, 3.05) is 7.05 Å². The van der Waals surface area contributed by atoms with E-state index in [2.05, 4.69) is 5.32 Å². The van der Waals surface area contributed by atoms with Crippen molar-refractivity contribution >= 4 is 15.9 Å². The lowest BCUT2D eigenvalue weighted by Crippen LogP contribution is -2.30. The molecule has 3 rings (SSSR count). The van der Waals surface area contributed by atoms with E-state index in [1.807, 2.05) is 0 Å². The van der Waals surface area contributed by atoms with E-state index >= 15 is 0 Å². The van der Waals surface area contributed by atoms with Crippen LogP contribution in [0.2, 0.25) is 0 Å². The Morgan fingerprint density at radius 3 is 2.43 bits per heavy atom. The Hall–Kier alpha value is -2.97. The van der Waals surface area contributed by atoms with Crippen LogP contribution in [0.5, 0.6) is 0 Å².